The average Bonchev–Trinajstić information content (AvgIpc) is 2.21. The van der Waals surface area contributed by atoms with Crippen LogP contribution in [0.15, 0.2) is 0 Å². The van der Waals surface area contributed by atoms with Crippen molar-refractivity contribution >= 4 is 17.9 Å². The Morgan fingerprint density at radius 3 is 1.83 bits per heavy atom. The summed E-state index contributed by atoms with van der Waals surface area (Å²) < 4.78 is 44.0. The second-order valence-electron chi connectivity index (χ2n) is 3.61. The maximum absolute atomic E-state index is 11.3. The quantitative estimate of drug-likeness (QED) is 0.460. The Morgan fingerprint density at radius 1 is 1.06 bits per heavy atom. The van der Waals surface area contributed by atoms with Gasteiger partial charge in [-0.2, -0.15) is 8.42 Å². The molecule has 0 amide bonds. The van der Waals surface area contributed by atoms with Crippen LogP contribution in [-0.4, -0.2) is 28.9 Å². The van der Waals surface area contributed by atoms with E-state index in [1.807, 2.05) is 0 Å². The Hall–Kier alpha value is -0.0500. The SMILES string of the molecule is CCCCCCCCS(=O)(=O)OF.O=P(O)(O)O. The van der Waals surface area contributed by atoms with Crippen LogP contribution in [0.4, 0.5) is 4.53 Å². The molecule has 18 heavy (non-hydrogen) atoms. The molecule has 0 aliphatic rings. The maximum atomic E-state index is 11.3. The standard InChI is InChI=1S/C8H17FO3S.H3O4P/c1-2-3-4-5-6-7-8-13(10,11)12-9;1-5(2,3)4/h2-8H2,1H3;(H3,1,2,3,4). The summed E-state index contributed by atoms with van der Waals surface area (Å²) in [5, 5.41) is 0. The lowest BCUT2D eigenvalue weighted by molar-refractivity contribution is 0.00288. The first-order chi connectivity index (χ1) is 8.12. The molecule has 10 heteroatoms. The molecule has 0 aromatic rings. The van der Waals surface area contributed by atoms with Crippen LogP contribution < -0.4 is 0 Å². The van der Waals surface area contributed by atoms with Crippen LogP contribution in [0.3, 0.4) is 0 Å². The molecule has 0 radical (unpaired) electrons. The van der Waals surface area contributed by atoms with Gasteiger partial charge in [0.15, 0.2) is 0 Å². The number of hydrogen-bond acceptors (Lipinski definition) is 4. The largest absolute Gasteiger partial charge is 0.466 e. The van der Waals surface area contributed by atoms with E-state index in [9.17, 15) is 12.9 Å². The van der Waals surface area contributed by atoms with Crippen molar-refractivity contribution in [2.24, 2.45) is 0 Å². The fraction of sp³-hybridized carbons (Fsp3) is 1.00. The van der Waals surface area contributed by atoms with Crippen molar-refractivity contribution in [2.75, 3.05) is 5.75 Å². The zero-order valence-corrected chi connectivity index (χ0v) is 11.9. The minimum Gasteiger partial charge on any atom is -0.303 e. The molecule has 0 spiro atoms. The van der Waals surface area contributed by atoms with Gasteiger partial charge >= 0.3 is 7.82 Å². The average molecular weight is 310 g/mol. The molecule has 0 rings (SSSR count). The van der Waals surface area contributed by atoms with Gasteiger partial charge in [-0.3, -0.25) is 0 Å². The molecule has 0 fully saturated rings. The van der Waals surface area contributed by atoms with Crippen molar-refractivity contribution in [1.82, 2.24) is 0 Å². The second kappa shape index (κ2) is 10.8. The van der Waals surface area contributed by atoms with Gasteiger partial charge in [-0.05, 0) is 10.9 Å². The topological polar surface area (TPSA) is 121 Å². The van der Waals surface area contributed by atoms with E-state index in [1.54, 1.807) is 0 Å². The van der Waals surface area contributed by atoms with E-state index in [-0.39, 0.29) is 5.75 Å². The molecule has 0 saturated heterocycles. The molecule has 0 aromatic heterocycles. The Balaban J connectivity index is 0. The van der Waals surface area contributed by atoms with Gasteiger partial charge in [0, 0.05) is 0 Å². The zero-order valence-electron chi connectivity index (χ0n) is 10.2. The Bertz CT molecular complexity index is 318. The van der Waals surface area contributed by atoms with Crippen molar-refractivity contribution in [3.8, 4) is 0 Å². The van der Waals surface area contributed by atoms with E-state index in [4.69, 9.17) is 19.2 Å². The maximum Gasteiger partial charge on any atom is 0.466 e. The van der Waals surface area contributed by atoms with E-state index in [2.05, 4.69) is 11.3 Å². The first-order valence-corrected chi connectivity index (χ1v) is 8.58. The number of halogens is 1. The van der Waals surface area contributed by atoms with E-state index in [0.717, 1.165) is 25.7 Å². The van der Waals surface area contributed by atoms with Gasteiger partial charge < -0.3 is 14.7 Å². The summed E-state index contributed by atoms with van der Waals surface area (Å²) in [6.07, 6.45) is 5.76. The Kier molecular flexibility index (Phi) is 12.2. The zero-order chi connectivity index (χ0) is 14.7. The number of phosphoric acid groups is 1. The summed E-state index contributed by atoms with van der Waals surface area (Å²) in [6.45, 7) is 2.11. The summed E-state index contributed by atoms with van der Waals surface area (Å²) in [7, 11) is -8.52. The second-order valence-corrected chi connectivity index (χ2v) is 6.28. The molecule has 0 unspecified atom stereocenters. The van der Waals surface area contributed by atoms with Gasteiger partial charge in [-0.25, -0.2) is 4.57 Å². The normalized spacial score (nSPS) is 11.8. The van der Waals surface area contributed by atoms with Crippen LogP contribution in [0.5, 0.6) is 0 Å². The monoisotopic (exact) mass is 310 g/mol. The fourth-order valence-electron chi connectivity index (χ4n) is 1.09. The molecule has 0 aliphatic heterocycles. The van der Waals surface area contributed by atoms with Crippen molar-refractivity contribution in [3.63, 3.8) is 0 Å². The minimum absolute atomic E-state index is 0.213. The van der Waals surface area contributed by atoms with Crippen molar-refractivity contribution < 1.29 is 36.6 Å². The van der Waals surface area contributed by atoms with Crippen LogP contribution in [0.1, 0.15) is 45.4 Å². The first-order valence-electron chi connectivity index (χ1n) is 5.43. The lowest BCUT2D eigenvalue weighted by Gasteiger charge is -1.99. The first kappa shape index (κ1) is 20.3. The van der Waals surface area contributed by atoms with Gasteiger partial charge in [-0.1, -0.05) is 43.4 Å². The molecular formula is C8H20FO7PS. The Labute approximate surface area is 106 Å². The highest BCUT2D eigenvalue weighted by Crippen LogP contribution is 2.25. The van der Waals surface area contributed by atoms with E-state index >= 15 is 0 Å². The molecule has 0 heterocycles. The van der Waals surface area contributed by atoms with Crippen LogP contribution in [0.2, 0.25) is 0 Å². The van der Waals surface area contributed by atoms with E-state index < -0.39 is 17.9 Å². The lowest BCUT2D eigenvalue weighted by Crippen LogP contribution is -2.05. The highest BCUT2D eigenvalue weighted by Gasteiger charge is 2.09. The van der Waals surface area contributed by atoms with E-state index in [0.29, 0.717) is 6.42 Å². The summed E-state index contributed by atoms with van der Waals surface area (Å²) in [5.74, 6) is -0.213. The van der Waals surface area contributed by atoms with Crippen LogP contribution in [-0.2, 0) is 19.1 Å². The summed E-state index contributed by atoms with van der Waals surface area (Å²) in [5.41, 5.74) is 0. The highest BCUT2D eigenvalue weighted by atomic mass is 32.2. The van der Waals surface area contributed by atoms with E-state index in [1.165, 1.54) is 6.42 Å². The lowest BCUT2D eigenvalue weighted by atomic mass is 10.1. The molecule has 3 N–H and O–H groups in total. The van der Waals surface area contributed by atoms with Crippen LogP contribution >= 0.6 is 7.82 Å². The molecule has 0 saturated carbocycles. The van der Waals surface area contributed by atoms with Crippen LogP contribution in [0, 0.1) is 0 Å². The highest BCUT2D eigenvalue weighted by molar-refractivity contribution is 7.86. The summed E-state index contributed by atoms with van der Waals surface area (Å²) in [6, 6.07) is 0. The predicted octanol–water partition coefficient (Wildman–Crippen LogP) is 1.65. The Morgan fingerprint density at radius 2 is 1.44 bits per heavy atom. The third kappa shape index (κ3) is 25.0. The smallest absolute Gasteiger partial charge is 0.303 e. The number of hydrogen-bond donors (Lipinski definition) is 3. The third-order valence-corrected chi connectivity index (χ3v) is 2.82. The minimum atomic E-state index is -4.64. The predicted molar refractivity (Wildman–Crippen MR) is 63.6 cm³/mol. The molecule has 0 atom stereocenters. The van der Waals surface area contributed by atoms with Gasteiger partial charge in [0.1, 0.15) is 0 Å². The molecular weight excluding hydrogens is 290 g/mol. The van der Waals surface area contributed by atoms with Crippen molar-refractivity contribution in [2.45, 2.75) is 45.4 Å². The number of unbranched alkanes of at least 4 members (excludes halogenated alkanes) is 5. The number of rotatable bonds is 8. The molecule has 112 valence electrons. The van der Waals surface area contributed by atoms with Crippen LogP contribution in [0.25, 0.3) is 0 Å². The molecule has 0 aromatic carbocycles. The van der Waals surface area contributed by atoms with Gasteiger partial charge in [-0.15, -0.1) is 0 Å². The van der Waals surface area contributed by atoms with Gasteiger partial charge in [0.05, 0.1) is 5.75 Å². The van der Waals surface area contributed by atoms with Crippen molar-refractivity contribution in [3.05, 3.63) is 0 Å². The summed E-state index contributed by atoms with van der Waals surface area (Å²) in [4.78, 5) is 21.6. The third-order valence-electron chi connectivity index (χ3n) is 1.84. The molecule has 0 bridgehead atoms. The van der Waals surface area contributed by atoms with Crippen molar-refractivity contribution in [1.29, 1.82) is 0 Å². The molecule has 0 aliphatic carbocycles. The van der Waals surface area contributed by atoms with Gasteiger partial charge in [0.2, 0.25) is 0 Å². The summed E-state index contributed by atoms with van der Waals surface area (Å²) >= 11 is 0. The molecule has 7 nitrogen and oxygen atoms in total. The fourth-order valence-corrected chi connectivity index (χ4v) is 1.71. The van der Waals surface area contributed by atoms with Gasteiger partial charge in [0.25, 0.3) is 10.1 Å².